The van der Waals surface area contributed by atoms with E-state index in [1.165, 1.54) is 12.1 Å². The molecule has 4 bridgehead atoms. The first-order valence-electron chi connectivity index (χ1n) is 12.5. The molecule has 2 N–H and O–H groups in total. The summed E-state index contributed by atoms with van der Waals surface area (Å²) >= 11 is 0. The molecule has 1 amide bonds. The molecule has 34 heavy (non-hydrogen) atoms. The number of piperazine rings is 1. The van der Waals surface area contributed by atoms with Crippen LogP contribution in [0.2, 0.25) is 0 Å². The first-order valence-corrected chi connectivity index (χ1v) is 12.5. The third-order valence-electron chi connectivity index (χ3n) is 8.49. The third-order valence-corrected chi connectivity index (χ3v) is 8.49. The number of aliphatic hydroxyl groups is 1. The summed E-state index contributed by atoms with van der Waals surface area (Å²) in [6.07, 6.45) is 6.41. The van der Waals surface area contributed by atoms with Gasteiger partial charge in [-0.2, -0.15) is 0 Å². The molecule has 2 heterocycles. The predicted molar refractivity (Wildman–Crippen MR) is 127 cm³/mol. The fourth-order valence-corrected chi connectivity index (χ4v) is 7.20. The van der Waals surface area contributed by atoms with Gasteiger partial charge in [0.15, 0.2) is 0 Å². The lowest BCUT2D eigenvalue weighted by atomic mass is 9.52. The van der Waals surface area contributed by atoms with Gasteiger partial charge in [-0.1, -0.05) is 0 Å². The minimum atomic E-state index is -0.508. The van der Waals surface area contributed by atoms with Gasteiger partial charge in [0.2, 0.25) is 5.95 Å². The average molecular weight is 466 g/mol. The molecule has 5 fully saturated rings. The van der Waals surface area contributed by atoms with Gasteiger partial charge in [0.1, 0.15) is 11.5 Å². The lowest BCUT2D eigenvalue weighted by Crippen LogP contribution is -2.61. The highest BCUT2D eigenvalue weighted by Gasteiger charge is 2.55. The summed E-state index contributed by atoms with van der Waals surface area (Å²) in [5.41, 5.74) is 0.888. The maximum absolute atomic E-state index is 13.3. The Morgan fingerprint density at radius 1 is 1.12 bits per heavy atom. The van der Waals surface area contributed by atoms with E-state index in [-0.39, 0.29) is 23.8 Å². The van der Waals surface area contributed by atoms with Crippen molar-refractivity contribution in [2.24, 2.45) is 17.8 Å². The minimum absolute atomic E-state index is 0.126. The minimum Gasteiger partial charge on any atom is -0.390 e. The summed E-state index contributed by atoms with van der Waals surface area (Å²) in [7, 11) is 0. The van der Waals surface area contributed by atoms with Gasteiger partial charge >= 0.3 is 0 Å². The molecule has 5 aliphatic rings. The maximum atomic E-state index is 13.3. The topological polar surface area (TPSA) is 81.6 Å². The van der Waals surface area contributed by atoms with Crippen molar-refractivity contribution in [2.45, 2.75) is 56.7 Å². The first kappa shape index (κ1) is 21.8. The molecular weight excluding hydrogens is 433 g/mol. The van der Waals surface area contributed by atoms with Gasteiger partial charge < -0.3 is 20.2 Å². The molecule has 180 valence electrons. The molecule has 1 aromatic carbocycles. The lowest BCUT2D eigenvalue weighted by molar-refractivity contribution is -0.136. The zero-order valence-electron chi connectivity index (χ0n) is 19.5. The van der Waals surface area contributed by atoms with Crippen molar-refractivity contribution in [1.29, 1.82) is 0 Å². The van der Waals surface area contributed by atoms with Gasteiger partial charge in [-0.3, -0.25) is 4.79 Å². The van der Waals surface area contributed by atoms with Crippen molar-refractivity contribution in [3.63, 3.8) is 0 Å². The van der Waals surface area contributed by atoms with Gasteiger partial charge in [-0.15, -0.1) is 0 Å². The van der Waals surface area contributed by atoms with Crippen LogP contribution >= 0.6 is 0 Å². The van der Waals surface area contributed by atoms with Crippen LogP contribution in [0.5, 0.6) is 0 Å². The highest BCUT2D eigenvalue weighted by molar-refractivity contribution is 5.92. The monoisotopic (exact) mass is 465 g/mol. The Labute approximate surface area is 199 Å². The number of nitrogens with zero attached hydrogens (tertiary/aromatic N) is 4. The van der Waals surface area contributed by atoms with Crippen LogP contribution < -0.4 is 15.1 Å². The second kappa shape index (κ2) is 8.18. The van der Waals surface area contributed by atoms with Crippen molar-refractivity contribution in [1.82, 2.24) is 15.3 Å². The van der Waals surface area contributed by atoms with Crippen LogP contribution in [0.25, 0.3) is 0 Å². The van der Waals surface area contributed by atoms with Gasteiger partial charge in [0.25, 0.3) is 5.91 Å². The van der Waals surface area contributed by atoms with Crippen molar-refractivity contribution >= 4 is 17.5 Å². The van der Waals surface area contributed by atoms with E-state index in [1.54, 1.807) is 12.3 Å². The normalized spacial score (nSPS) is 34.4. The Bertz CT molecular complexity index is 1060. The van der Waals surface area contributed by atoms with E-state index in [9.17, 15) is 14.3 Å². The number of carbonyl (C=O) groups is 1. The quantitative estimate of drug-likeness (QED) is 0.723. The molecule has 4 aliphatic carbocycles. The average Bonchev–Trinajstić information content (AvgIpc) is 2.81. The second-order valence-corrected chi connectivity index (χ2v) is 10.9. The molecule has 1 aliphatic heterocycles. The summed E-state index contributed by atoms with van der Waals surface area (Å²) in [5, 5.41) is 14.1. The number of nitrogens with one attached hydrogen (secondary N) is 1. The Morgan fingerprint density at radius 3 is 2.53 bits per heavy atom. The van der Waals surface area contributed by atoms with Crippen molar-refractivity contribution in [2.75, 3.05) is 29.4 Å². The second-order valence-electron chi connectivity index (χ2n) is 10.9. The molecule has 3 atom stereocenters. The van der Waals surface area contributed by atoms with Crippen LogP contribution in [0.3, 0.4) is 0 Å². The molecule has 0 radical (unpaired) electrons. The number of anilines is 2. The zero-order chi connectivity index (χ0) is 23.4. The fraction of sp³-hybridized carbons (Fsp3) is 0.577. The fourth-order valence-electron chi connectivity index (χ4n) is 7.20. The molecule has 7 rings (SSSR count). The highest BCUT2D eigenvalue weighted by Crippen LogP contribution is 2.55. The number of hydrogen-bond acceptors (Lipinski definition) is 6. The summed E-state index contributed by atoms with van der Waals surface area (Å²) in [5.74, 6) is 1.52. The zero-order valence-corrected chi connectivity index (χ0v) is 19.5. The van der Waals surface area contributed by atoms with E-state index < -0.39 is 5.60 Å². The number of halogens is 1. The van der Waals surface area contributed by atoms with E-state index in [0.29, 0.717) is 29.4 Å². The van der Waals surface area contributed by atoms with Crippen LogP contribution in [0, 0.1) is 23.6 Å². The van der Waals surface area contributed by atoms with Gasteiger partial charge in [-0.25, -0.2) is 14.4 Å². The predicted octanol–water partition coefficient (Wildman–Crippen LogP) is 3.00. The number of aromatic nitrogens is 2. The summed E-state index contributed by atoms with van der Waals surface area (Å²) < 4.78 is 13.3. The largest absolute Gasteiger partial charge is 0.390 e. The van der Waals surface area contributed by atoms with Crippen LogP contribution in [-0.2, 0) is 0 Å². The number of amides is 1. The molecule has 2 aromatic rings. The Kier molecular flexibility index (Phi) is 5.24. The summed E-state index contributed by atoms with van der Waals surface area (Å²) in [6, 6.07) is 8.54. The van der Waals surface area contributed by atoms with Gasteiger partial charge in [0.05, 0.1) is 5.60 Å². The SMILES string of the molecule is C[C@@H]1CN(c2ccc(F)cc2)CCN1c1nccc(C(=O)N[C@H]2C3CC4CC2C[C@](O)(C4)C3)n1. The Balaban J connectivity index is 1.13. The molecule has 0 spiro atoms. The molecular formula is C26H32FN5O2. The maximum Gasteiger partial charge on any atom is 0.270 e. The number of benzene rings is 1. The number of carbonyl (C=O) groups excluding carboxylic acids is 1. The summed E-state index contributed by atoms with van der Waals surface area (Å²) in [6.45, 7) is 4.37. The smallest absolute Gasteiger partial charge is 0.270 e. The lowest BCUT2D eigenvalue weighted by Gasteiger charge is -2.58. The molecule has 2 unspecified atom stereocenters. The van der Waals surface area contributed by atoms with E-state index >= 15 is 0 Å². The number of rotatable bonds is 4. The van der Waals surface area contributed by atoms with Crippen LogP contribution in [0.4, 0.5) is 16.0 Å². The van der Waals surface area contributed by atoms with E-state index in [4.69, 9.17) is 0 Å². The Morgan fingerprint density at radius 2 is 1.85 bits per heavy atom. The standard InChI is InChI=1S/C26H32FN5O2/c1-16-15-31(21-4-2-20(27)3-5-21)8-9-32(16)25-28-7-6-22(29-25)24(33)30-23-18-10-17-11-19(23)14-26(34,12-17)13-18/h2-7,16-19,23,34H,8-15H2,1H3,(H,30,33)/t16-,17?,18?,19?,23-,26-/m1/s1. The third kappa shape index (κ3) is 3.91. The van der Waals surface area contributed by atoms with Gasteiger partial charge in [0, 0.05) is 43.6 Å². The molecule has 8 heteroatoms. The molecule has 4 saturated carbocycles. The number of hydrogen-bond donors (Lipinski definition) is 2. The summed E-state index contributed by atoms with van der Waals surface area (Å²) in [4.78, 5) is 26.7. The molecule has 7 nitrogen and oxygen atoms in total. The van der Waals surface area contributed by atoms with Gasteiger partial charge in [-0.05, 0) is 87.1 Å². The van der Waals surface area contributed by atoms with E-state index in [2.05, 4.69) is 32.0 Å². The molecule has 1 saturated heterocycles. The molecule has 1 aromatic heterocycles. The first-order chi connectivity index (χ1) is 16.4. The highest BCUT2D eigenvalue weighted by atomic mass is 19.1. The van der Waals surface area contributed by atoms with Crippen LogP contribution in [0.1, 0.15) is 49.5 Å². The Hall–Kier alpha value is -2.74. The van der Waals surface area contributed by atoms with Crippen molar-refractivity contribution < 1.29 is 14.3 Å². The van der Waals surface area contributed by atoms with Crippen LogP contribution in [0.15, 0.2) is 36.5 Å². The van der Waals surface area contributed by atoms with E-state index in [0.717, 1.165) is 57.4 Å². The van der Waals surface area contributed by atoms with Crippen LogP contribution in [-0.4, -0.2) is 58.3 Å². The van der Waals surface area contributed by atoms with Crippen molar-refractivity contribution in [3.05, 3.63) is 48.0 Å². The van der Waals surface area contributed by atoms with E-state index in [1.807, 2.05) is 12.1 Å². The van der Waals surface area contributed by atoms with Crippen molar-refractivity contribution in [3.8, 4) is 0 Å².